The number of benzene rings is 2. The summed E-state index contributed by atoms with van der Waals surface area (Å²) in [5.74, 6) is 0.409. The molecule has 0 atom stereocenters. The number of amides is 1. The molecule has 1 aromatic heterocycles. The lowest BCUT2D eigenvalue weighted by atomic mass is 10.2. The van der Waals surface area contributed by atoms with Crippen LogP contribution >= 0.6 is 11.3 Å². The zero-order valence-electron chi connectivity index (χ0n) is 16.1. The highest BCUT2D eigenvalue weighted by atomic mass is 32.1. The van der Waals surface area contributed by atoms with Crippen LogP contribution in [0.15, 0.2) is 66.0 Å². The average Bonchev–Trinajstić information content (AvgIpc) is 3.23. The highest BCUT2D eigenvalue weighted by Gasteiger charge is 2.23. The van der Waals surface area contributed by atoms with E-state index in [2.05, 4.69) is 29.2 Å². The fraction of sp³-hybridized carbons (Fsp3) is 0.261. The van der Waals surface area contributed by atoms with Crippen molar-refractivity contribution in [1.29, 1.82) is 0 Å². The van der Waals surface area contributed by atoms with Gasteiger partial charge in [0.2, 0.25) is 0 Å². The Morgan fingerprint density at radius 3 is 2.41 bits per heavy atom. The van der Waals surface area contributed by atoms with Crippen LogP contribution in [0.2, 0.25) is 0 Å². The van der Waals surface area contributed by atoms with E-state index >= 15 is 0 Å². The number of ether oxygens (including phenoxy) is 1. The summed E-state index contributed by atoms with van der Waals surface area (Å²) in [6.07, 6.45) is 0. The summed E-state index contributed by atoms with van der Waals surface area (Å²) in [5, 5.41) is 1.95. The molecule has 2 heterocycles. The van der Waals surface area contributed by atoms with Crippen molar-refractivity contribution in [1.82, 2.24) is 9.80 Å². The second-order valence-electron chi connectivity index (χ2n) is 7.12. The molecule has 0 N–H and O–H groups in total. The lowest BCUT2D eigenvalue weighted by molar-refractivity contribution is 0.0633. The largest absolute Gasteiger partial charge is 0.489 e. The Kier molecular flexibility index (Phi) is 6.22. The summed E-state index contributed by atoms with van der Waals surface area (Å²) < 4.78 is 18.6. The minimum Gasteiger partial charge on any atom is -0.489 e. The molecule has 0 bridgehead atoms. The predicted molar refractivity (Wildman–Crippen MR) is 113 cm³/mol. The smallest absolute Gasteiger partial charge is 0.264 e. The van der Waals surface area contributed by atoms with Crippen molar-refractivity contribution in [3.05, 3.63) is 87.9 Å². The van der Waals surface area contributed by atoms with Crippen molar-refractivity contribution in [2.24, 2.45) is 0 Å². The van der Waals surface area contributed by atoms with Crippen LogP contribution in [0.4, 0.5) is 4.39 Å². The Morgan fingerprint density at radius 1 is 0.966 bits per heavy atom. The molecule has 1 saturated heterocycles. The van der Waals surface area contributed by atoms with Crippen LogP contribution in [-0.4, -0.2) is 41.9 Å². The molecule has 29 heavy (non-hydrogen) atoms. The monoisotopic (exact) mass is 410 g/mol. The highest BCUT2D eigenvalue weighted by molar-refractivity contribution is 7.12. The lowest BCUT2D eigenvalue weighted by Crippen LogP contribution is -2.48. The van der Waals surface area contributed by atoms with Crippen molar-refractivity contribution in [2.45, 2.75) is 13.2 Å². The second kappa shape index (κ2) is 9.20. The van der Waals surface area contributed by atoms with Crippen LogP contribution in [-0.2, 0) is 13.2 Å². The first-order valence-corrected chi connectivity index (χ1v) is 10.6. The van der Waals surface area contributed by atoms with Gasteiger partial charge in [0.15, 0.2) is 0 Å². The van der Waals surface area contributed by atoms with Gasteiger partial charge in [0.05, 0.1) is 4.88 Å². The number of hydrogen-bond acceptors (Lipinski definition) is 4. The number of carbonyl (C=O) groups excluding carboxylic acids is 1. The van der Waals surface area contributed by atoms with Crippen LogP contribution < -0.4 is 4.74 Å². The average molecular weight is 411 g/mol. The van der Waals surface area contributed by atoms with Gasteiger partial charge in [-0.25, -0.2) is 4.39 Å². The maximum Gasteiger partial charge on any atom is 0.264 e. The SMILES string of the molecule is O=C(c1cc(COc2ccc(F)cc2)cs1)N1CCN(Cc2ccccc2)CC1. The minimum atomic E-state index is -0.287. The van der Waals surface area contributed by atoms with Gasteiger partial charge in [-0.15, -0.1) is 11.3 Å². The van der Waals surface area contributed by atoms with Crippen molar-refractivity contribution in [3.8, 4) is 5.75 Å². The number of rotatable bonds is 6. The Bertz CT molecular complexity index is 935. The third-order valence-electron chi connectivity index (χ3n) is 4.99. The van der Waals surface area contributed by atoms with Gasteiger partial charge in [0.1, 0.15) is 18.2 Å². The van der Waals surface area contributed by atoms with Crippen LogP contribution in [0, 0.1) is 5.82 Å². The molecule has 150 valence electrons. The first kappa shape index (κ1) is 19.6. The van der Waals surface area contributed by atoms with E-state index in [1.807, 2.05) is 22.4 Å². The first-order chi connectivity index (χ1) is 14.2. The van der Waals surface area contributed by atoms with Gasteiger partial charge in [-0.05, 0) is 41.3 Å². The van der Waals surface area contributed by atoms with E-state index in [1.54, 1.807) is 12.1 Å². The van der Waals surface area contributed by atoms with Gasteiger partial charge in [-0.2, -0.15) is 0 Å². The summed E-state index contributed by atoms with van der Waals surface area (Å²) >= 11 is 1.45. The van der Waals surface area contributed by atoms with E-state index in [4.69, 9.17) is 4.74 Å². The van der Waals surface area contributed by atoms with Gasteiger partial charge in [0.25, 0.3) is 5.91 Å². The number of piperazine rings is 1. The molecular formula is C23H23FN2O2S. The fourth-order valence-electron chi connectivity index (χ4n) is 3.37. The molecule has 0 saturated carbocycles. The molecule has 0 unspecified atom stereocenters. The van der Waals surface area contributed by atoms with E-state index < -0.39 is 0 Å². The molecule has 1 aliphatic rings. The van der Waals surface area contributed by atoms with Gasteiger partial charge >= 0.3 is 0 Å². The maximum absolute atomic E-state index is 13.0. The second-order valence-corrected chi connectivity index (χ2v) is 8.03. The molecule has 1 amide bonds. The van der Waals surface area contributed by atoms with E-state index in [9.17, 15) is 9.18 Å². The zero-order valence-corrected chi connectivity index (χ0v) is 16.9. The molecule has 6 heteroatoms. The highest BCUT2D eigenvalue weighted by Crippen LogP contribution is 2.20. The van der Waals surface area contributed by atoms with Crippen LogP contribution in [0.3, 0.4) is 0 Å². The third kappa shape index (κ3) is 5.22. The standard InChI is InChI=1S/C23H23FN2O2S/c24-20-6-8-21(9-7-20)28-16-19-14-22(29-17-19)23(27)26-12-10-25(11-13-26)15-18-4-2-1-3-5-18/h1-9,14,17H,10-13,15-16H2. The first-order valence-electron chi connectivity index (χ1n) is 9.69. The van der Waals surface area contributed by atoms with Crippen LogP contribution in [0.1, 0.15) is 20.8 Å². The lowest BCUT2D eigenvalue weighted by Gasteiger charge is -2.34. The summed E-state index contributed by atoms with van der Waals surface area (Å²) in [6.45, 7) is 4.53. The molecule has 0 spiro atoms. The van der Waals surface area contributed by atoms with E-state index in [1.165, 1.54) is 29.0 Å². The van der Waals surface area contributed by atoms with Gasteiger partial charge in [-0.3, -0.25) is 9.69 Å². The Labute approximate surface area is 174 Å². The summed E-state index contributed by atoms with van der Waals surface area (Å²) in [5.41, 5.74) is 2.25. The Balaban J connectivity index is 1.27. The minimum absolute atomic E-state index is 0.0855. The molecule has 0 aliphatic carbocycles. The van der Waals surface area contributed by atoms with Crippen molar-refractivity contribution >= 4 is 17.2 Å². The molecule has 2 aromatic carbocycles. The number of hydrogen-bond donors (Lipinski definition) is 0. The summed E-state index contributed by atoms with van der Waals surface area (Å²) in [7, 11) is 0. The fourth-order valence-corrected chi connectivity index (χ4v) is 4.23. The molecule has 1 aliphatic heterocycles. The third-order valence-corrected chi connectivity index (χ3v) is 5.96. The molecule has 1 fully saturated rings. The number of carbonyl (C=O) groups is 1. The maximum atomic E-state index is 13.0. The van der Waals surface area contributed by atoms with E-state index in [-0.39, 0.29) is 11.7 Å². The number of nitrogens with zero attached hydrogens (tertiary/aromatic N) is 2. The van der Waals surface area contributed by atoms with E-state index in [0.717, 1.165) is 43.2 Å². The predicted octanol–water partition coefficient (Wildman–Crippen LogP) is 4.42. The number of thiophene rings is 1. The normalized spacial score (nSPS) is 14.7. The van der Waals surface area contributed by atoms with Gasteiger partial charge in [0, 0.05) is 38.3 Å². The van der Waals surface area contributed by atoms with Crippen LogP contribution in [0.25, 0.3) is 0 Å². The molecule has 3 aromatic rings. The van der Waals surface area contributed by atoms with Crippen molar-refractivity contribution < 1.29 is 13.9 Å². The molecule has 4 rings (SSSR count). The quantitative estimate of drug-likeness (QED) is 0.603. The van der Waals surface area contributed by atoms with Gasteiger partial charge in [-0.1, -0.05) is 30.3 Å². The molecule has 0 radical (unpaired) electrons. The topological polar surface area (TPSA) is 32.8 Å². The number of halogens is 1. The Morgan fingerprint density at radius 2 is 1.69 bits per heavy atom. The van der Waals surface area contributed by atoms with Crippen LogP contribution in [0.5, 0.6) is 5.75 Å². The Hall–Kier alpha value is -2.70. The zero-order chi connectivity index (χ0) is 20.1. The molecule has 4 nitrogen and oxygen atoms in total. The van der Waals surface area contributed by atoms with Gasteiger partial charge < -0.3 is 9.64 Å². The summed E-state index contributed by atoms with van der Waals surface area (Å²) in [6, 6.07) is 18.3. The van der Waals surface area contributed by atoms with Crippen molar-refractivity contribution in [3.63, 3.8) is 0 Å². The van der Waals surface area contributed by atoms with Crippen molar-refractivity contribution in [2.75, 3.05) is 26.2 Å². The molecular weight excluding hydrogens is 387 g/mol. The summed E-state index contributed by atoms with van der Waals surface area (Å²) in [4.78, 5) is 17.9. The van der Waals surface area contributed by atoms with E-state index in [0.29, 0.717) is 12.4 Å².